The molecule has 4 aromatic rings. The number of benzene rings is 1. The highest BCUT2D eigenvalue weighted by Crippen LogP contribution is 2.27. The lowest BCUT2D eigenvalue weighted by Gasteiger charge is -2.06. The summed E-state index contributed by atoms with van der Waals surface area (Å²) in [5.74, 6) is -0.160. The number of methoxy groups -OCH3 is 1. The van der Waals surface area contributed by atoms with Crippen molar-refractivity contribution < 1.29 is 14.6 Å². The van der Waals surface area contributed by atoms with Crippen molar-refractivity contribution in [2.75, 3.05) is 7.11 Å². The van der Waals surface area contributed by atoms with Gasteiger partial charge in [0.05, 0.1) is 7.11 Å². The summed E-state index contributed by atoms with van der Waals surface area (Å²) in [7, 11) is 1.59. The Balaban J connectivity index is 0.000000376. The van der Waals surface area contributed by atoms with E-state index in [0.29, 0.717) is 11.4 Å². The summed E-state index contributed by atoms with van der Waals surface area (Å²) in [4.78, 5) is 31.4. The van der Waals surface area contributed by atoms with Crippen molar-refractivity contribution in [1.82, 2.24) is 15.0 Å². The molecule has 1 aromatic carbocycles. The smallest absolute Gasteiger partial charge is 0.303 e. The van der Waals surface area contributed by atoms with Crippen molar-refractivity contribution in [3.63, 3.8) is 0 Å². The molecule has 0 bridgehead atoms. The largest absolute Gasteiger partial charge is 0.481 e. The second kappa shape index (κ2) is 7.74. The zero-order chi connectivity index (χ0) is 19.4. The second-order valence-corrected chi connectivity index (χ2v) is 5.82. The fourth-order valence-corrected chi connectivity index (χ4v) is 2.69. The van der Waals surface area contributed by atoms with Crippen LogP contribution in [0.1, 0.15) is 13.3 Å². The van der Waals surface area contributed by atoms with Gasteiger partial charge in [-0.3, -0.25) is 9.59 Å². The first-order chi connectivity index (χ1) is 13.0. The number of hydrogen-bond donors (Lipinski definition) is 3. The molecule has 0 aliphatic rings. The summed E-state index contributed by atoms with van der Waals surface area (Å²) in [6, 6.07) is 11.7. The Hall–Kier alpha value is -3.61. The van der Waals surface area contributed by atoms with Gasteiger partial charge in [0.15, 0.2) is 0 Å². The first kappa shape index (κ1) is 18.2. The standard InChI is InChI=1S/C17H13N3O2.C3H6O2/c1-22-15-5-3-11(9-19-15)10-2-4-14-13(8-10)12-6-7-18-16(12)17(21)20-14;1-2-3(4)5/h2-9,18H,1H3,(H,20,21);2H2,1H3,(H,4,5). The Morgan fingerprint density at radius 1 is 1.15 bits per heavy atom. The lowest BCUT2D eigenvalue weighted by atomic mass is 10.0. The Morgan fingerprint density at radius 2 is 1.89 bits per heavy atom. The third-order valence-electron chi connectivity index (χ3n) is 4.11. The van der Waals surface area contributed by atoms with Crippen LogP contribution in [-0.4, -0.2) is 33.1 Å². The molecule has 0 fully saturated rings. The van der Waals surface area contributed by atoms with Crippen molar-refractivity contribution in [3.05, 3.63) is 59.1 Å². The topological polar surface area (TPSA) is 108 Å². The number of nitrogens with one attached hydrogen (secondary N) is 2. The number of aromatic nitrogens is 3. The summed E-state index contributed by atoms with van der Waals surface area (Å²) in [5, 5.41) is 9.64. The number of ether oxygens (including phenoxy) is 1. The molecule has 27 heavy (non-hydrogen) atoms. The fraction of sp³-hybridized carbons (Fsp3) is 0.150. The van der Waals surface area contributed by atoms with E-state index >= 15 is 0 Å². The number of carboxylic acids is 1. The molecule has 0 amide bonds. The SMILES string of the molecule is CCC(=O)O.COc1ccc(-c2ccc3[nH]c(=O)c4[nH]ccc4c3c2)cn1. The van der Waals surface area contributed by atoms with E-state index in [1.54, 1.807) is 26.4 Å². The van der Waals surface area contributed by atoms with E-state index in [1.807, 2.05) is 30.3 Å². The quantitative estimate of drug-likeness (QED) is 0.514. The van der Waals surface area contributed by atoms with Gasteiger partial charge in [-0.1, -0.05) is 13.0 Å². The maximum absolute atomic E-state index is 12.0. The van der Waals surface area contributed by atoms with Crippen LogP contribution in [0, 0.1) is 0 Å². The molecule has 7 heteroatoms. The summed E-state index contributed by atoms with van der Waals surface area (Å²) in [6.07, 6.45) is 3.78. The molecule has 3 aromatic heterocycles. The lowest BCUT2D eigenvalue weighted by Crippen LogP contribution is -2.05. The first-order valence-electron chi connectivity index (χ1n) is 8.38. The molecule has 0 aliphatic heterocycles. The van der Waals surface area contributed by atoms with Crippen LogP contribution in [0.5, 0.6) is 5.88 Å². The van der Waals surface area contributed by atoms with Gasteiger partial charge in [0.25, 0.3) is 5.56 Å². The minimum Gasteiger partial charge on any atom is -0.481 e. The predicted molar refractivity (Wildman–Crippen MR) is 104 cm³/mol. The van der Waals surface area contributed by atoms with Crippen LogP contribution in [0.4, 0.5) is 0 Å². The number of carboxylic acid groups (broad SMARTS) is 1. The van der Waals surface area contributed by atoms with Gasteiger partial charge in [-0.25, -0.2) is 4.98 Å². The summed E-state index contributed by atoms with van der Waals surface area (Å²) >= 11 is 0. The molecule has 0 unspecified atom stereocenters. The number of pyridine rings is 2. The van der Waals surface area contributed by atoms with Gasteiger partial charge in [-0.05, 0) is 29.8 Å². The second-order valence-electron chi connectivity index (χ2n) is 5.82. The number of H-pyrrole nitrogens is 2. The van der Waals surface area contributed by atoms with Crippen LogP contribution >= 0.6 is 0 Å². The van der Waals surface area contributed by atoms with E-state index in [4.69, 9.17) is 9.84 Å². The zero-order valence-corrected chi connectivity index (χ0v) is 14.9. The third kappa shape index (κ3) is 3.82. The highest BCUT2D eigenvalue weighted by atomic mass is 16.5. The Labute approximate surface area is 154 Å². The van der Waals surface area contributed by atoms with Crippen molar-refractivity contribution in [1.29, 1.82) is 0 Å². The number of carbonyl (C=O) groups is 1. The minimum atomic E-state index is -0.745. The van der Waals surface area contributed by atoms with E-state index in [0.717, 1.165) is 27.4 Å². The molecule has 3 heterocycles. The van der Waals surface area contributed by atoms with Crippen LogP contribution in [-0.2, 0) is 4.79 Å². The molecule has 3 N–H and O–H groups in total. The van der Waals surface area contributed by atoms with Gasteiger partial charge in [0, 0.05) is 46.7 Å². The van der Waals surface area contributed by atoms with Gasteiger partial charge >= 0.3 is 5.97 Å². The highest BCUT2D eigenvalue weighted by Gasteiger charge is 2.08. The van der Waals surface area contributed by atoms with Crippen molar-refractivity contribution >= 4 is 27.8 Å². The molecule has 0 atom stereocenters. The molecule has 7 nitrogen and oxygen atoms in total. The maximum Gasteiger partial charge on any atom is 0.303 e. The molecule has 0 saturated carbocycles. The van der Waals surface area contributed by atoms with Gasteiger partial charge in [0.1, 0.15) is 5.52 Å². The van der Waals surface area contributed by atoms with Gasteiger partial charge < -0.3 is 19.8 Å². The summed E-state index contributed by atoms with van der Waals surface area (Å²) < 4.78 is 5.08. The first-order valence-corrected chi connectivity index (χ1v) is 8.38. The normalized spacial score (nSPS) is 10.4. The number of rotatable bonds is 3. The fourth-order valence-electron chi connectivity index (χ4n) is 2.69. The summed E-state index contributed by atoms with van der Waals surface area (Å²) in [5.41, 5.74) is 3.35. The van der Waals surface area contributed by atoms with Crippen LogP contribution < -0.4 is 10.3 Å². The maximum atomic E-state index is 12.0. The zero-order valence-electron chi connectivity index (χ0n) is 14.9. The third-order valence-corrected chi connectivity index (χ3v) is 4.11. The van der Waals surface area contributed by atoms with E-state index in [1.165, 1.54) is 0 Å². The van der Waals surface area contributed by atoms with E-state index in [-0.39, 0.29) is 12.0 Å². The number of aliphatic carboxylic acids is 1. The predicted octanol–water partition coefficient (Wildman–Crippen LogP) is 3.56. The van der Waals surface area contributed by atoms with Crippen LogP contribution in [0.3, 0.4) is 0 Å². The molecule has 138 valence electrons. The van der Waals surface area contributed by atoms with Crippen molar-refractivity contribution in [2.45, 2.75) is 13.3 Å². The molecule has 0 saturated heterocycles. The van der Waals surface area contributed by atoms with E-state index in [9.17, 15) is 9.59 Å². The number of aromatic amines is 2. The minimum absolute atomic E-state index is 0.105. The molecule has 4 rings (SSSR count). The number of hydrogen-bond acceptors (Lipinski definition) is 4. The van der Waals surface area contributed by atoms with E-state index < -0.39 is 5.97 Å². The Morgan fingerprint density at radius 3 is 2.52 bits per heavy atom. The summed E-state index contributed by atoms with van der Waals surface area (Å²) in [6.45, 7) is 1.60. The number of fused-ring (bicyclic) bond motifs is 3. The molecule has 0 radical (unpaired) electrons. The molecule has 0 spiro atoms. The van der Waals surface area contributed by atoms with Crippen LogP contribution in [0.15, 0.2) is 53.6 Å². The molecular formula is C20H19N3O4. The van der Waals surface area contributed by atoms with Crippen molar-refractivity contribution in [3.8, 4) is 17.0 Å². The van der Waals surface area contributed by atoms with Gasteiger partial charge in [0.2, 0.25) is 5.88 Å². The Bertz CT molecular complexity index is 1140. The monoisotopic (exact) mass is 365 g/mol. The average Bonchev–Trinajstić information content (AvgIpc) is 3.19. The Kier molecular flexibility index (Phi) is 5.21. The number of nitrogens with zero attached hydrogens (tertiary/aromatic N) is 1. The van der Waals surface area contributed by atoms with Crippen LogP contribution in [0.25, 0.3) is 32.9 Å². The average molecular weight is 365 g/mol. The molecular weight excluding hydrogens is 346 g/mol. The van der Waals surface area contributed by atoms with E-state index in [2.05, 4.69) is 21.0 Å². The highest BCUT2D eigenvalue weighted by molar-refractivity contribution is 6.05. The van der Waals surface area contributed by atoms with Crippen LogP contribution in [0.2, 0.25) is 0 Å². The van der Waals surface area contributed by atoms with Gasteiger partial charge in [-0.2, -0.15) is 0 Å². The van der Waals surface area contributed by atoms with Crippen molar-refractivity contribution in [2.24, 2.45) is 0 Å². The van der Waals surface area contributed by atoms with Gasteiger partial charge in [-0.15, -0.1) is 0 Å². The molecule has 0 aliphatic carbocycles. The lowest BCUT2D eigenvalue weighted by molar-refractivity contribution is -0.136.